The number of nitrogens with one attached hydrogen (secondary N) is 1. The molecular formula is C20H28N4O7S. The number of carboxylic acid groups (broad SMARTS) is 3. The Morgan fingerprint density at radius 2 is 1.56 bits per heavy atom. The van der Waals surface area contributed by atoms with Crippen LogP contribution >= 0.6 is 12.2 Å². The van der Waals surface area contributed by atoms with E-state index < -0.39 is 17.9 Å². The maximum Gasteiger partial charge on any atom is 0.317 e. The van der Waals surface area contributed by atoms with Crippen LogP contribution in [0.25, 0.3) is 0 Å². The first-order chi connectivity index (χ1) is 15.2. The summed E-state index contributed by atoms with van der Waals surface area (Å²) in [7, 11) is 0. The molecule has 0 aliphatic heterocycles. The van der Waals surface area contributed by atoms with E-state index in [1.54, 1.807) is 17.0 Å². The molecule has 1 rings (SSSR count). The highest BCUT2D eigenvalue weighted by atomic mass is 32.1. The van der Waals surface area contributed by atoms with Crippen LogP contribution in [-0.2, 0) is 20.8 Å². The molecule has 0 saturated carbocycles. The number of hydrogen-bond acceptors (Lipinski definition) is 9. The Hall–Kier alpha value is -2.73. The molecule has 0 amide bonds. The molecule has 0 bridgehead atoms. The lowest BCUT2D eigenvalue weighted by molar-refractivity contribution is -0.140. The fourth-order valence-corrected chi connectivity index (χ4v) is 3.21. The van der Waals surface area contributed by atoms with E-state index in [1.165, 1.54) is 4.90 Å². The number of carboxylic acids is 3. The number of benzene rings is 1. The van der Waals surface area contributed by atoms with Gasteiger partial charge in [0, 0.05) is 32.2 Å². The Morgan fingerprint density at radius 3 is 2.09 bits per heavy atom. The molecule has 5 N–H and O–H groups in total. The second-order valence-corrected chi connectivity index (χ2v) is 7.25. The van der Waals surface area contributed by atoms with E-state index >= 15 is 0 Å². The van der Waals surface area contributed by atoms with E-state index in [9.17, 15) is 19.5 Å². The molecule has 32 heavy (non-hydrogen) atoms. The molecule has 12 heteroatoms. The van der Waals surface area contributed by atoms with Gasteiger partial charge in [-0.1, -0.05) is 12.1 Å². The van der Waals surface area contributed by atoms with Crippen molar-refractivity contribution in [3.63, 3.8) is 0 Å². The lowest BCUT2D eigenvalue weighted by Crippen LogP contribution is -2.48. The molecule has 176 valence electrons. The van der Waals surface area contributed by atoms with Gasteiger partial charge >= 0.3 is 17.9 Å². The van der Waals surface area contributed by atoms with E-state index in [0.717, 1.165) is 5.56 Å². The molecule has 0 aromatic heterocycles. The number of aliphatic hydroxyl groups is 1. The molecule has 1 aromatic rings. The number of aliphatic carboxylic acids is 3. The van der Waals surface area contributed by atoms with Crippen LogP contribution < -0.4 is 5.32 Å². The van der Waals surface area contributed by atoms with Gasteiger partial charge in [0.1, 0.15) is 0 Å². The first-order valence-electron chi connectivity index (χ1n) is 9.84. The number of aliphatic hydroxyl groups excluding tert-OH is 1. The number of thiocarbonyl (C=S) groups is 1. The summed E-state index contributed by atoms with van der Waals surface area (Å²) >= 11 is 4.57. The van der Waals surface area contributed by atoms with E-state index in [-0.39, 0.29) is 58.5 Å². The molecule has 0 unspecified atom stereocenters. The molecular weight excluding hydrogens is 440 g/mol. The van der Waals surface area contributed by atoms with Gasteiger partial charge in [0.2, 0.25) is 0 Å². The highest BCUT2D eigenvalue weighted by molar-refractivity contribution is 7.78. The van der Waals surface area contributed by atoms with E-state index in [4.69, 9.17) is 15.3 Å². The van der Waals surface area contributed by atoms with Crippen molar-refractivity contribution in [3.05, 3.63) is 29.8 Å². The molecule has 0 radical (unpaired) electrons. The molecule has 0 aliphatic rings. The first kappa shape index (κ1) is 27.3. The number of aliphatic imine (C=N–C) groups is 1. The Bertz CT molecular complexity index is 800. The Balaban J connectivity index is 2.89. The third kappa shape index (κ3) is 12.2. The minimum absolute atomic E-state index is 0.143. The highest BCUT2D eigenvalue weighted by Crippen LogP contribution is 2.14. The molecule has 0 heterocycles. The van der Waals surface area contributed by atoms with Gasteiger partial charge in [-0.2, -0.15) is 4.99 Å². The van der Waals surface area contributed by atoms with Crippen LogP contribution in [0.5, 0.6) is 0 Å². The maximum atomic E-state index is 11.3. The fraction of sp³-hybridized carbons (Fsp3) is 0.500. The van der Waals surface area contributed by atoms with Crippen molar-refractivity contribution in [2.75, 3.05) is 52.4 Å². The Labute approximate surface area is 191 Å². The van der Waals surface area contributed by atoms with Crippen LogP contribution in [0.1, 0.15) is 5.56 Å². The summed E-state index contributed by atoms with van der Waals surface area (Å²) in [5.41, 5.74) is 1.52. The number of carbonyl (C=O) groups is 3. The third-order valence-corrected chi connectivity index (χ3v) is 4.57. The molecule has 0 saturated heterocycles. The van der Waals surface area contributed by atoms with Gasteiger partial charge in [-0.3, -0.25) is 24.2 Å². The monoisotopic (exact) mass is 468 g/mol. The fourth-order valence-electron chi connectivity index (χ4n) is 3.10. The van der Waals surface area contributed by atoms with Crippen molar-refractivity contribution in [2.45, 2.75) is 12.5 Å². The number of rotatable bonds is 17. The zero-order valence-electron chi connectivity index (χ0n) is 17.5. The van der Waals surface area contributed by atoms with Crippen molar-refractivity contribution in [1.29, 1.82) is 0 Å². The maximum absolute atomic E-state index is 11.3. The first-order valence-corrected chi connectivity index (χ1v) is 10.3. The molecule has 1 aromatic carbocycles. The lowest BCUT2D eigenvalue weighted by atomic mass is 10.0. The average Bonchev–Trinajstić information content (AvgIpc) is 2.71. The molecule has 0 aliphatic carbocycles. The van der Waals surface area contributed by atoms with Crippen molar-refractivity contribution >= 4 is 41.0 Å². The standard InChI is InChI=1S/C20H28N4O7S/c25-8-7-23(12-19(28)29)5-6-24(13-20(30)31)11-17(21-10-18(26)27)9-15-1-3-16(4-2-15)22-14-32/h1-4,17,21,25H,5-13H2,(H,26,27)(H,28,29)(H,30,31)/t17-/m0/s1. The Kier molecular flexibility index (Phi) is 12.9. The van der Waals surface area contributed by atoms with Crippen LogP contribution in [0.4, 0.5) is 5.69 Å². The van der Waals surface area contributed by atoms with Crippen LogP contribution in [0, 0.1) is 0 Å². The largest absolute Gasteiger partial charge is 0.480 e. The summed E-state index contributed by atoms with van der Waals surface area (Å²) in [6.45, 7) is -0.272. The minimum Gasteiger partial charge on any atom is -0.480 e. The van der Waals surface area contributed by atoms with Gasteiger partial charge < -0.3 is 25.7 Å². The zero-order valence-corrected chi connectivity index (χ0v) is 18.3. The Morgan fingerprint density at radius 1 is 0.969 bits per heavy atom. The quantitative estimate of drug-likeness (QED) is 0.152. The van der Waals surface area contributed by atoms with Gasteiger partial charge in [-0.15, -0.1) is 0 Å². The van der Waals surface area contributed by atoms with Crippen molar-refractivity contribution in [2.24, 2.45) is 4.99 Å². The second kappa shape index (κ2) is 15.1. The van der Waals surface area contributed by atoms with Gasteiger partial charge in [0.05, 0.1) is 37.1 Å². The normalized spacial score (nSPS) is 11.8. The molecule has 11 nitrogen and oxygen atoms in total. The van der Waals surface area contributed by atoms with Gasteiger partial charge in [0.25, 0.3) is 0 Å². The van der Waals surface area contributed by atoms with Crippen LogP contribution in [0.3, 0.4) is 0 Å². The predicted molar refractivity (Wildman–Crippen MR) is 119 cm³/mol. The third-order valence-electron chi connectivity index (χ3n) is 4.48. The second-order valence-electron chi connectivity index (χ2n) is 7.07. The van der Waals surface area contributed by atoms with E-state index in [2.05, 4.69) is 27.7 Å². The highest BCUT2D eigenvalue weighted by Gasteiger charge is 2.19. The smallest absolute Gasteiger partial charge is 0.317 e. The lowest BCUT2D eigenvalue weighted by Gasteiger charge is -2.29. The van der Waals surface area contributed by atoms with Crippen LogP contribution in [-0.4, -0.2) is 112 Å². The summed E-state index contributed by atoms with van der Waals surface area (Å²) < 4.78 is 0. The van der Waals surface area contributed by atoms with Gasteiger partial charge in [-0.05, 0) is 36.3 Å². The molecule has 0 spiro atoms. The minimum atomic E-state index is -1.06. The van der Waals surface area contributed by atoms with Gasteiger partial charge in [0.15, 0.2) is 0 Å². The van der Waals surface area contributed by atoms with Crippen LogP contribution in [0.2, 0.25) is 0 Å². The SMILES string of the molecule is O=C(O)CN[C@@H](Cc1ccc(N=C=S)cc1)CN(CCN(CCO)CC(=O)O)CC(=O)O. The summed E-state index contributed by atoms with van der Waals surface area (Å²) in [5, 5.41) is 41.6. The summed E-state index contributed by atoms with van der Waals surface area (Å²) in [6, 6.07) is 6.75. The number of hydrogen-bond donors (Lipinski definition) is 5. The predicted octanol–water partition coefficient (Wildman–Crippen LogP) is -0.228. The summed E-state index contributed by atoms with van der Waals surface area (Å²) in [5.74, 6) is -3.15. The van der Waals surface area contributed by atoms with Crippen LogP contribution in [0.15, 0.2) is 29.3 Å². The van der Waals surface area contributed by atoms with E-state index in [1.807, 2.05) is 12.1 Å². The van der Waals surface area contributed by atoms with Crippen molar-refractivity contribution in [1.82, 2.24) is 15.1 Å². The van der Waals surface area contributed by atoms with E-state index in [0.29, 0.717) is 12.1 Å². The van der Waals surface area contributed by atoms with Gasteiger partial charge in [-0.25, -0.2) is 0 Å². The van der Waals surface area contributed by atoms with Crippen molar-refractivity contribution in [3.8, 4) is 0 Å². The summed E-state index contributed by atoms with van der Waals surface area (Å²) in [6.07, 6.45) is 0.431. The number of nitrogens with zero attached hydrogens (tertiary/aromatic N) is 3. The molecule has 0 fully saturated rings. The number of isothiocyanates is 1. The summed E-state index contributed by atoms with van der Waals surface area (Å²) in [4.78, 5) is 40.4. The average molecular weight is 469 g/mol. The van der Waals surface area contributed by atoms with Crippen molar-refractivity contribution < 1.29 is 34.8 Å². The molecule has 1 atom stereocenters. The zero-order chi connectivity index (χ0) is 23.9. The topological polar surface area (TPSA) is 163 Å².